The van der Waals surface area contributed by atoms with Crippen LogP contribution >= 0.6 is 11.6 Å². The molecule has 1 aromatic carbocycles. The number of amides is 1. The molecule has 0 bridgehead atoms. The minimum atomic E-state index is -0.761. The fraction of sp³-hybridized carbons (Fsp3) is 0.222. The van der Waals surface area contributed by atoms with Gasteiger partial charge in [0.15, 0.2) is 5.82 Å². The molecular formula is C9H12ClFN4O. The van der Waals surface area contributed by atoms with E-state index >= 15 is 0 Å². The van der Waals surface area contributed by atoms with E-state index in [1.165, 1.54) is 18.0 Å². The normalized spacial score (nSPS) is 10.2. The predicted octanol–water partition coefficient (Wildman–Crippen LogP) is 0.565. The highest BCUT2D eigenvalue weighted by atomic mass is 35.5. The maximum absolute atomic E-state index is 13.7. The number of anilines is 3. The van der Waals surface area contributed by atoms with E-state index in [1.54, 1.807) is 0 Å². The van der Waals surface area contributed by atoms with E-state index in [4.69, 9.17) is 28.8 Å². The molecule has 0 heterocycles. The summed E-state index contributed by atoms with van der Waals surface area (Å²) in [5.74, 6) is -1.36. The molecule has 0 aliphatic rings. The molecule has 0 spiro atoms. The molecular weight excluding hydrogens is 235 g/mol. The third kappa shape index (κ3) is 2.27. The van der Waals surface area contributed by atoms with Gasteiger partial charge in [-0.3, -0.25) is 4.79 Å². The van der Waals surface area contributed by atoms with Gasteiger partial charge in [-0.05, 0) is 6.07 Å². The van der Waals surface area contributed by atoms with Gasteiger partial charge in [0.2, 0.25) is 5.91 Å². The van der Waals surface area contributed by atoms with Crippen LogP contribution < -0.4 is 22.1 Å². The molecule has 6 N–H and O–H groups in total. The zero-order chi connectivity index (χ0) is 12.5. The Bertz CT molecular complexity index is 438. The van der Waals surface area contributed by atoms with Gasteiger partial charge < -0.3 is 22.1 Å². The molecule has 7 heteroatoms. The van der Waals surface area contributed by atoms with Crippen molar-refractivity contribution in [3.05, 3.63) is 16.9 Å². The van der Waals surface area contributed by atoms with Crippen molar-refractivity contribution in [1.82, 2.24) is 0 Å². The molecule has 88 valence electrons. The number of nitrogens with two attached hydrogens (primary N) is 3. The SMILES string of the molecule is CN(CC(N)=O)c1c(N)cc(N)c(Cl)c1F. The van der Waals surface area contributed by atoms with Crippen LogP contribution in [0.25, 0.3) is 0 Å². The number of benzene rings is 1. The highest BCUT2D eigenvalue weighted by molar-refractivity contribution is 6.33. The van der Waals surface area contributed by atoms with Gasteiger partial charge in [0, 0.05) is 7.05 Å². The Morgan fingerprint density at radius 2 is 2.06 bits per heavy atom. The van der Waals surface area contributed by atoms with E-state index in [-0.39, 0.29) is 28.6 Å². The second kappa shape index (κ2) is 4.44. The van der Waals surface area contributed by atoms with Gasteiger partial charge >= 0.3 is 0 Å². The van der Waals surface area contributed by atoms with Crippen LogP contribution in [-0.4, -0.2) is 19.5 Å². The average Bonchev–Trinajstić information content (AvgIpc) is 2.13. The Labute approximate surface area is 96.9 Å². The maximum Gasteiger partial charge on any atom is 0.236 e. The molecule has 0 saturated heterocycles. The third-order valence-electron chi connectivity index (χ3n) is 2.01. The summed E-state index contributed by atoms with van der Waals surface area (Å²) < 4.78 is 13.7. The van der Waals surface area contributed by atoms with Gasteiger partial charge in [-0.1, -0.05) is 11.6 Å². The Morgan fingerprint density at radius 3 is 2.56 bits per heavy atom. The average molecular weight is 247 g/mol. The van der Waals surface area contributed by atoms with Gasteiger partial charge in [-0.2, -0.15) is 0 Å². The molecule has 0 aliphatic heterocycles. The van der Waals surface area contributed by atoms with Gasteiger partial charge in [0.1, 0.15) is 5.02 Å². The number of hydrogen-bond donors (Lipinski definition) is 3. The highest BCUT2D eigenvalue weighted by Crippen LogP contribution is 2.35. The van der Waals surface area contributed by atoms with Crippen molar-refractivity contribution >= 4 is 34.6 Å². The molecule has 5 nitrogen and oxygen atoms in total. The lowest BCUT2D eigenvalue weighted by molar-refractivity contribution is -0.116. The molecule has 0 fully saturated rings. The summed E-state index contributed by atoms with van der Waals surface area (Å²) in [5.41, 5.74) is 16.2. The Balaban J connectivity index is 3.23. The van der Waals surface area contributed by atoms with Crippen molar-refractivity contribution in [3.8, 4) is 0 Å². The smallest absolute Gasteiger partial charge is 0.236 e. The zero-order valence-electron chi connectivity index (χ0n) is 8.63. The van der Waals surface area contributed by atoms with Crippen LogP contribution in [-0.2, 0) is 4.79 Å². The lowest BCUT2D eigenvalue weighted by Crippen LogP contribution is -2.31. The van der Waals surface area contributed by atoms with E-state index in [2.05, 4.69) is 0 Å². The van der Waals surface area contributed by atoms with Crippen LogP contribution in [0.1, 0.15) is 0 Å². The summed E-state index contributed by atoms with van der Waals surface area (Å²) in [7, 11) is 1.48. The summed E-state index contributed by atoms with van der Waals surface area (Å²) in [6, 6.07) is 1.33. The number of primary amides is 1. The van der Waals surface area contributed by atoms with Gasteiger partial charge in [0.25, 0.3) is 0 Å². The summed E-state index contributed by atoms with van der Waals surface area (Å²) in [5, 5.41) is -0.222. The van der Waals surface area contributed by atoms with E-state index < -0.39 is 11.7 Å². The van der Waals surface area contributed by atoms with Crippen molar-refractivity contribution in [2.75, 3.05) is 30.0 Å². The molecule has 1 rings (SSSR count). The lowest BCUT2D eigenvalue weighted by Gasteiger charge is -2.21. The summed E-state index contributed by atoms with van der Waals surface area (Å²) in [6.45, 7) is -0.165. The number of carbonyl (C=O) groups excluding carboxylic acids is 1. The zero-order valence-corrected chi connectivity index (χ0v) is 9.38. The summed E-state index contributed by atoms with van der Waals surface area (Å²) in [4.78, 5) is 12.0. The summed E-state index contributed by atoms with van der Waals surface area (Å²) in [6.07, 6.45) is 0. The maximum atomic E-state index is 13.7. The van der Waals surface area contributed by atoms with Gasteiger partial charge in [-0.15, -0.1) is 0 Å². The molecule has 0 saturated carbocycles. The van der Waals surface area contributed by atoms with Crippen molar-refractivity contribution in [2.24, 2.45) is 5.73 Å². The molecule has 0 unspecified atom stereocenters. The van der Waals surface area contributed by atoms with Crippen molar-refractivity contribution < 1.29 is 9.18 Å². The first-order valence-electron chi connectivity index (χ1n) is 4.37. The van der Waals surface area contributed by atoms with Crippen LogP contribution in [0.2, 0.25) is 5.02 Å². The minimum absolute atomic E-state index is 0.0120. The molecule has 0 aliphatic carbocycles. The standard InChI is InChI=1S/C9H12ClFN4O/c1-15(3-6(14)16)9-5(13)2-4(12)7(10)8(9)11/h2H,3,12-13H2,1H3,(H2,14,16). The van der Waals surface area contributed by atoms with Crippen LogP contribution in [0.5, 0.6) is 0 Å². The minimum Gasteiger partial charge on any atom is -0.397 e. The summed E-state index contributed by atoms with van der Waals surface area (Å²) >= 11 is 5.64. The molecule has 1 aromatic rings. The number of hydrogen-bond acceptors (Lipinski definition) is 4. The van der Waals surface area contributed by atoms with E-state index in [9.17, 15) is 9.18 Å². The number of carbonyl (C=O) groups is 1. The van der Waals surface area contributed by atoms with Gasteiger partial charge in [0.05, 0.1) is 23.6 Å². The van der Waals surface area contributed by atoms with Crippen molar-refractivity contribution in [2.45, 2.75) is 0 Å². The molecule has 0 atom stereocenters. The third-order valence-corrected chi connectivity index (χ3v) is 2.40. The number of nitrogen functional groups attached to an aromatic ring is 2. The number of halogens is 2. The highest BCUT2D eigenvalue weighted by Gasteiger charge is 2.18. The van der Waals surface area contributed by atoms with Crippen LogP contribution in [0.15, 0.2) is 6.07 Å². The first-order chi connectivity index (χ1) is 7.34. The molecule has 0 aromatic heterocycles. The second-order valence-corrected chi connectivity index (χ2v) is 3.73. The van der Waals surface area contributed by atoms with Crippen LogP contribution in [0, 0.1) is 5.82 Å². The van der Waals surface area contributed by atoms with Crippen molar-refractivity contribution in [3.63, 3.8) is 0 Å². The topological polar surface area (TPSA) is 98.4 Å². The van der Waals surface area contributed by atoms with E-state index in [0.717, 1.165) is 0 Å². The lowest BCUT2D eigenvalue weighted by atomic mass is 10.2. The van der Waals surface area contributed by atoms with Crippen LogP contribution in [0.3, 0.4) is 0 Å². The van der Waals surface area contributed by atoms with Crippen molar-refractivity contribution in [1.29, 1.82) is 0 Å². The Kier molecular flexibility index (Phi) is 3.44. The van der Waals surface area contributed by atoms with Gasteiger partial charge in [-0.25, -0.2) is 4.39 Å². The Hall–Kier alpha value is -1.69. The molecule has 1 amide bonds. The molecule has 16 heavy (non-hydrogen) atoms. The predicted molar refractivity (Wildman–Crippen MR) is 62.7 cm³/mol. The molecule has 0 radical (unpaired) electrons. The fourth-order valence-electron chi connectivity index (χ4n) is 1.36. The first-order valence-corrected chi connectivity index (χ1v) is 4.74. The first kappa shape index (κ1) is 12.4. The monoisotopic (exact) mass is 246 g/mol. The quantitative estimate of drug-likeness (QED) is 0.679. The second-order valence-electron chi connectivity index (χ2n) is 3.35. The fourth-order valence-corrected chi connectivity index (χ4v) is 1.50. The largest absolute Gasteiger partial charge is 0.397 e. The van der Waals surface area contributed by atoms with E-state index in [1.807, 2.05) is 0 Å². The van der Waals surface area contributed by atoms with Crippen LogP contribution in [0.4, 0.5) is 21.5 Å². The number of likely N-dealkylation sites (N-methyl/N-ethyl adjacent to an activating group) is 1. The Morgan fingerprint density at radius 1 is 1.50 bits per heavy atom. The number of nitrogens with zero attached hydrogens (tertiary/aromatic N) is 1. The van der Waals surface area contributed by atoms with E-state index in [0.29, 0.717) is 0 Å². The number of rotatable bonds is 3.